The van der Waals surface area contributed by atoms with E-state index in [2.05, 4.69) is 0 Å². The fourth-order valence-electron chi connectivity index (χ4n) is 1.18. The molecule has 0 saturated heterocycles. The number of amides is 2. The average molecular weight is 310 g/mol. The van der Waals surface area contributed by atoms with E-state index in [1.165, 1.54) is 0 Å². The highest BCUT2D eigenvalue weighted by Crippen LogP contribution is 2.17. The van der Waals surface area contributed by atoms with Crippen molar-refractivity contribution in [1.29, 1.82) is 0 Å². The molecule has 0 aliphatic rings. The number of nitrogens with zero attached hydrogens (tertiary/aromatic N) is 2. The van der Waals surface area contributed by atoms with Crippen LogP contribution in [0, 0.1) is 20.2 Å². The molecule has 9 heteroatoms. The molecule has 0 fully saturated rings. The molecule has 0 aromatic heterocycles. The number of nitrogens with one attached hydrogen (secondary N) is 2. The lowest BCUT2D eigenvalue weighted by Gasteiger charge is -2.07. The normalized spacial score (nSPS) is 14.9. The lowest BCUT2D eigenvalue weighted by Crippen LogP contribution is -2.19. The average Bonchev–Trinajstić information content (AvgIpc) is 2.65. The largest absolute Gasteiger partial charge is 0.323 e. The number of benzene rings is 2. The molecule has 0 spiro atoms. The number of carbonyl (C=O) groups excluding carboxylic acids is 1. The lowest BCUT2D eigenvalue weighted by atomic mass is 10.3. The third kappa shape index (κ3) is 3.76. The first-order valence-electron chi connectivity index (χ1n) is 9.38. The summed E-state index contributed by atoms with van der Waals surface area (Å²) in [4.78, 5) is 31.8. The second-order valence-electron chi connectivity index (χ2n) is 3.54. The third-order valence-corrected chi connectivity index (χ3v) is 2.07. The van der Waals surface area contributed by atoms with Crippen LogP contribution in [0.4, 0.5) is 27.5 Å². The van der Waals surface area contributed by atoms with Crippen LogP contribution >= 0.6 is 0 Å². The highest BCUT2D eigenvalue weighted by molar-refractivity contribution is 5.99. The summed E-state index contributed by atoms with van der Waals surface area (Å²) < 4.78 is 61.2. The molecular formula is C13H10N4O5. The van der Waals surface area contributed by atoms with Crippen molar-refractivity contribution in [2.45, 2.75) is 0 Å². The van der Waals surface area contributed by atoms with Crippen LogP contribution in [0.15, 0.2) is 48.3 Å². The van der Waals surface area contributed by atoms with Gasteiger partial charge in [-0.05, 0) is 24.2 Å². The number of anilines is 2. The van der Waals surface area contributed by atoms with Crippen LogP contribution in [0.3, 0.4) is 0 Å². The van der Waals surface area contributed by atoms with E-state index in [1.54, 1.807) is 0 Å². The van der Waals surface area contributed by atoms with E-state index < -0.39 is 87.0 Å². The van der Waals surface area contributed by atoms with Crippen LogP contribution in [-0.2, 0) is 0 Å². The van der Waals surface area contributed by atoms with Crippen molar-refractivity contribution in [2.24, 2.45) is 0 Å². The Morgan fingerprint density at radius 2 is 1.14 bits per heavy atom. The molecule has 0 radical (unpaired) electrons. The molecule has 9 nitrogen and oxygen atoms in total. The minimum Gasteiger partial charge on any atom is -0.308 e. The van der Waals surface area contributed by atoms with Crippen LogP contribution < -0.4 is 10.6 Å². The third-order valence-electron chi connectivity index (χ3n) is 2.07. The highest BCUT2D eigenvalue weighted by atomic mass is 16.6. The zero-order chi connectivity index (χ0) is 23.1. The van der Waals surface area contributed by atoms with Gasteiger partial charge in [0.15, 0.2) is 0 Å². The Morgan fingerprint density at radius 1 is 0.818 bits per heavy atom. The maximum Gasteiger partial charge on any atom is 0.323 e. The maximum absolute atomic E-state index is 12.2. The number of nitro benzene ring substituents is 2. The summed E-state index contributed by atoms with van der Waals surface area (Å²) in [5.74, 6) is 0. The number of carbonyl (C=O) groups is 1. The smallest absolute Gasteiger partial charge is 0.308 e. The Labute approximate surface area is 135 Å². The van der Waals surface area contributed by atoms with E-state index in [0.29, 0.717) is 0 Å². The summed E-state index contributed by atoms with van der Waals surface area (Å²) in [7, 11) is 0. The molecule has 0 heterocycles. The zero-order valence-corrected chi connectivity index (χ0v) is 10.4. The highest BCUT2D eigenvalue weighted by Gasteiger charge is 2.08. The van der Waals surface area contributed by atoms with Gasteiger partial charge in [0.05, 0.1) is 20.8 Å². The summed E-state index contributed by atoms with van der Waals surface area (Å²) in [6.07, 6.45) is 0. The summed E-state index contributed by atoms with van der Waals surface area (Å²) in [5.41, 5.74) is -3.70. The first-order valence-corrected chi connectivity index (χ1v) is 5.38. The summed E-state index contributed by atoms with van der Waals surface area (Å²) in [5, 5.41) is 25.6. The van der Waals surface area contributed by atoms with E-state index in [0.717, 1.165) is 0 Å². The Morgan fingerprint density at radius 3 is 1.41 bits per heavy atom. The quantitative estimate of drug-likeness (QED) is 0.662. The molecule has 0 aliphatic carbocycles. The molecule has 0 atom stereocenters. The molecule has 2 rings (SSSR count). The standard InChI is InChI=1S/C13H10N4O5/c18-13(14-9-1-5-11(6-2-9)16(19)20)15-10-3-7-12(8-4-10)17(21)22/h1-8H,(H2,14,15,18)/i1D,2D,3D,4D,5D,6D,7D,8D. The second-order valence-corrected chi connectivity index (χ2v) is 3.54. The predicted molar refractivity (Wildman–Crippen MR) is 78.8 cm³/mol. The lowest BCUT2D eigenvalue weighted by molar-refractivity contribution is -0.385. The van der Waals surface area contributed by atoms with Gasteiger partial charge < -0.3 is 10.6 Å². The number of urea groups is 1. The molecule has 112 valence electrons. The van der Waals surface area contributed by atoms with Crippen molar-refractivity contribution in [3.8, 4) is 0 Å². The number of nitro groups is 2. The van der Waals surface area contributed by atoms with Crippen molar-refractivity contribution in [3.63, 3.8) is 0 Å². The molecule has 0 saturated carbocycles. The topological polar surface area (TPSA) is 127 Å². The van der Waals surface area contributed by atoms with Crippen LogP contribution in [-0.4, -0.2) is 15.9 Å². The molecule has 2 aromatic carbocycles. The van der Waals surface area contributed by atoms with Gasteiger partial charge in [-0.2, -0.15) is 0 Å². The fraction of sp³-hybridized carbons (Fsp3) is 0. The van der Waals surface area contributed by atoms with Crippen molar-refractivity contribution in [2.75, 3.05) is 10.6 Å². The minimum absolute atomic E-state index is 0.745. The van der Waals surface area contributed by atoms with E-state index in [4.69, 9.17) is 11.0 Å². The van der Waals surface area contributed by atoms with Crippen LogP contribution in [0.5, 0.6) is 0 Å². The number of hydrogen-bond donors (Lipinski definition) is 2. The SMILES string of the molecule is [2H]c1c([2H])c([N+](=O)[O-])c([2H])c([2H])c1NC(=O)Nc1c([2H])c([2H])c([N+](=O)[O-])c([2H])c1[2H]. The van der Waals surface area contributed by atoms with Gasteiger partial charge in [0.25, 0.3) is 11.4 Å². The van der Waals surface area contributed by atoms with Crippen molar-refractivity contribution < 1.29 is 25.6 Å². The molecule has 0 aliphatic heterocycles. The molecule has 2 N–H and O–H groups in total. The first-order chi connectivity index (χ1) is 13.8. The summed E-state index contributed by atoms with van der Waals surface area (Å²) >= 11 is 0. The van der Waals surface area contributed by atoms with Crippen LogP contribution in [0.2, 0.25) is 0 Å². The zero-order valence-electron chi connectivity index (χ0n) is 18.4. The van der Waals surface area contributed by atoms with Gasteiger partial charge in [0.1, 0.15) is 0 Å². The van der Waals surface area contributed by atoms with Gasteiger partial charge in [-0.3, -0.25) is 20.2 Å². The molecular weight excluding hydrogens is 292 g/mol. The Bertz CT molecular complexity index is 982. The number of hydrogen-bond acceptors (Lipinski definition) is 5. The molecule has 22 heavy (non-hydrogen) atoms. The Balaban J connectivity index is 2.48. The van der Waals surface area contributed by atoms with E-state index in [1.807, 2.05) is 10.6 Å². The van der Waals surface area contributed by atoms with Gasteiger partial charge in [0, 0.05) is 35.5 Å². The Kier molecular flexibility index (Phi) is 2.15. The molecule has 2 amide bonds. The summed E-state index contributed by atoms with van der Waals surface area (Å²) in [6.45, 7) is 0. The van der Waals surface area contributed by atoms with Crippen LogP contribution in [0.1, 0.15) is 11.0 Å². The maximum atomic E-state index is 12.2. The van der Waals surface area contributed by atoms with Gasteiger partial charge in [-0.15, -0.1) is 0 Å². The van der Waals surface area contributed by atoms with Gasteiger partial charge in [-0.1, -0.05) is 0 Å². The van der Waals surface area contributed by atoms with Crippen molar-refractivity contribution in [1.82, 2.24) is 0 Å². The van der Waals surface area contributed by atoms with Gasteiger partial charge >= 0.3 is 6.03 Å². The second kappa shape index (κ2) is 6.31. The van der Waals surface area contributed by atoms with E-state index >= 15 is 0 Å². The summed E-state index contributed by atoms with van der Waals surface area (Å²) in [6, 6.07) is -9.23. The van der Waals surface area contributed by atoms with Crippen LogP contribution in [0.25, 0.3) is 0 Å². The molecule has 0 bridgehead atoms. The fourth-order valence-corrected chi connectivity index (χ4v) is 1.18. The predicted octanol–water partition coefficient (Wildman–Crippen LogP) is 3.15. The Hall–Kier alpha value is -3.49. The number of rotatable bonds is 4. The minimum atomic E-state index is -1.33. The monoisotopic (exact) mass is 310 g/mol. The van der Waals surface area contributed by atoms with Gasteiger partial charge in [-0.25, -0.2) is 4.79 Å². The first kappa shape index (κ1) is 7.50. The molecule has 0 unspecified atom stereocenters. The molecule has 2 aromatic rings. The van der Waals surface area contributed by atoms with Gasteiger partial charge in [0.2, 0.25) is 0 Å². The van der Waals surface area contributed by atoms with E-state index in [9.17, 15) is 25.0 Å². The van der Waals surface area contributed by atoms with E-state index in [-0.39, 0.29) is 0 Å². The van der Waals surface area contributed by atoms with Crippen molar-refractivity contribution in [3.05, 3.63) is 68.6 Å². The van der Waals surface area contributed by atoms with Crippen molar-refractivity contribution >= 4 is 28.8 Å².